The van der Waals surface area contributed by atoms with Gasteiger partial charge in [0.1, 0.15) is 24.1 Å². The topological polar surface area (TPSA) is 143 Å². The Morgan fingerprint density at radius 2 is 2.27 bits per heavy atom. The number of carbonyl (C=O) groups is 1. The normalized spacial score (nSPS) is 16.1. The number of hydrogen-bond acceptors (Lipinski definition) is 9. The van der Waals surface area contributed by atoms with E-state index in [1.165, 1.54) is 0 Å². The summed E-state index contributed by atoms with van der Waals surface area (Å²) in [7, 11) is 0. The summed E-state index contributed by atoms with van der Waals surface area (Å²) in [6.07, 6.45) is 0.718. The van der Waals surface area contributed by atoms with Gasteiger partial charge in [0.25, 0.3) is 5.91 Å². The number of amides is 1. The molecule has 0 spiro atoms. The molecule has 30 heavy (non-hydrogen) atoms. The van der Waals surface area contributed by atoms with Crippen LogP contribution in [0.3, 0.4) is 0 Å². The van der Waals surface area contributed by atoms with Crippen LogP contribution in [-0.2, 0) is 4.84 Å². The van der Waals surface area contributed by atoms with Crippen LogP contribution >= 0.6 is 11.8 Å². The molecular formula is C20H23N5O4S. The highest BCUT2D eigenvalue weighted by Gasteiger charge is 2.26. The molecule has 158 valence electrons. The van der Waals surface area contributed by atoms with E-state index in [1.807, 2.05) is 0 Å². The Balaban J connectivity index is 1.94. The summed E-state index contributed by atoms with van der Waals surface area (Å²) in [5.41, 5.74) is 8.22. The first-order valence-electron chi connectivity index (χ1n) is 9.34. The molecule has 1 fully saturated rings. The van der Waals surface area contributed by atoms with Gasteiger partial charge in [-0.2, -0.15) is 22.0 Å². The van der Waals surface area contributed by atoms with Gasteiger partial charge in [-0.05, 0) is 38.2 Å². The van der Waals surface area contributed by atoms with Gasteiger partial charge in [-0.1, -0.05) is 12.1 Å². The molecule has 1 aromatic heterocycles. The monoisotopic (exact) mass is 429 g/mol. The summed E-state index contributed by atoms with van der Waals surface area (Å²) in [4.78, 5) is 26.4. The fourth-order valence-electron chi connectivity index (χ4n) is 2.71. The molecule has 10 heteroatoms. The van der Waals surface area contributed by atoms with E-state index in [-0.39, 0.29) is 35.8 Å². The fraction of sp³-hybridized carbons (Fsp3) is 0.400. The lowest BCUT2D eigenvalue weighted by atomic mass is 10.1. The second-order valence-corrected chi connectivity index (χ2v) is 8.59. The van der Waals surface area contributed by atoms with Crippen molar-refractivity contribution >= 4 is 23.5 Å². The number of nitrogen functional groups attached to an aromatic ring is 1. The van der Waals surface area contributed by atoms with E-state index in [0.29, 0.717) is 11.1 Å². The Morgan fingerprint density at radius 1 is 1.47 bits per heavy atom. The summed E-state index contributed by atoms with van der Waals surface area (Å²) in [6.45, 7) is 2.98. The minimum atomic E-state index is -1.12. The number of nitrogens with two attached hydrogens (primary N) is 1. The van der Waals surface area contributed by atoms with E-state index < -0.39 is 11.5 Å². The maximum absolute atomic E-state index is 12.7. The van der Waals surface area contributed by atoms with Crippen LogP contribution in [0.5, 0.6) is 5.88 Å². The van der Waals surface area contributed by atoms with Gasteiger partial charge in [0.15, 0.2) is 5.82 Å². The van der Waals surface area contributed by atoms with Gasteiger partial charge in [0, 0.05) is 11.3 Å². The summed E-state index contributed by atoms with van der Waals surface area (Å²) in [5.74, 6) is 1.29. The van der Waals surface area contributed by atoms with Gasteiger partial charge in [-0.3, -0.25) is 9.63 Å². The maximum Gasteiger partial charge on any atom is 0.284 e. The number of benzene rings is 1. The molecular weight excluding hydrogens is 406 g/mol. The first kappa shape index (κ1) is 21.8. The van der Waals surface area contributed by atoms with Crippen molar-refractivity contribution in [1.29, 1.82) is 5.26 Å². The first-order chi connectivity index (χ1) is 14.3. The quantitative estimate of drug-likeness (QED) is 0.562. The minimum Gasteiger partial charge on any atom is -0.473 e. The molecule has 4 N–H and O–H groups in total. The second-order valence-electron chi connectivity index (χ2n) is 7.44. The largest absolute Gasteiger partial charge is 0.473 e. The van der Waals surface area contributed by atoms with Crippen LogP contribution in [0.4, 0.5) is 5.82 Å². The van der Waals surface area contributed by atoms with Crippen molar-refractivity contribution in [2.75, 3.05) is 23.8 Å². The highest BCUT2D eigenvalue weighted by molar-refractivity contribution is 7.99. The zero-order valence-corrected chi connectivity index (χ0v) is 17.5. The molecule has 1 aromatic carbocycles. The molecule has 1 saturated heterocycles. The molecule has 0 bridgehead atoms. The molecule has 1 atom stereocenters. The van der Waals surface area contributed by atoms with Crippen LogP contribution in [0, 0.1) is 11.3 Å². The lowest BCUT2D eigenvalue weighted by Crippen LogP contribution is -2.34. The molecule has 0 saturated carbocycles. The molecule has 0 radical (unpaired) electrons. The minimum absolute atomic E-state index is 0.0390. The zero-order valence-electron chi connectivity index (χ0n) is 16.7. The van der Waals surface area contributed by atoms with E-state index in [4.69, 9.17) is 20.6 Å². The average Bonchev–Trinajstić information content (AvgIpc) is 3.19. The van der Waals surface area contributed by atoms with Crippen LogP contribution in [-0.4, -0.2) is 50.8 Å². The second kappa shape index (κ2) is 9.30. The van der Waals surface area contributed by atoms with Gasteiger partial charge in [0.05, 0.1) is 17.2 Å². The van der Waals surface area contributed by atoms with Crippen molar-refractivity contribution in [1.82, 2.24) is 15.4 Å². The van der Waals surface area contributed by atoms with Crippen molar-refractivity contribution in [3.05, 3.63) is 35.4 Å². The Labute approximate surface area is 178 Å². The van der Waals surface area contributed by atoms with Gasteiger partial charge in [-0.15, -0.1) is 0 Å². The molecule has 0 aliphatic carbocycles. The van der Waals surface area contributed by atoms with Crippen molar-refractivity contribution in [3.63, 3.8) is 0 Å². The van der Waals surface area contributed by atoms with Crippen molar-refractivity contribution < 1.29 is 19.5 Å². The number of thioether (sulfide) groups is 1. The highest BCUT2D eigenvalue weighted by atomic mass is 32.2. The maximum atomic E-state index is 12.7. The van der Waals surface area contributed by atoms with Gasteiger partial charge in [0.2, 0.25) is 5.88 Å². The standard InChI is InChI=1S/C20H23N5O4S/c1-20(2,27)11-28-25-18(26)15-16(22)23-17(13-5-3-4-12(8-13)9-21)24-19(15)29-14-6-7-30-10-14/h3-5,8,14,27H,6-7,10-11H2,1-2H3,(H,25,26)(H2,22,23,24). The van der Waals surface area contributed by atoms with Crippen molar-refractivity contribution in [2.24, 2.45) is 0 Å². The number of ether oxygens (including phenoxy) is 1. The Morgan fingerprint density at radius 3 is 2.93 bits per heavy atom. The molecule has 1 aliphatic rings. The van der Waals surface area contributed by atoms with Crippen LogP contribution in [0.25, 0.3) is 11.4 Å². The molecule has 2 aromatic rings. The third-order valence-electron chi connectivity index (χ3n) is 4.14. The van der Waals surface area contributed by atoms with Gasteiger partial charge >= 0.3 is 0 Å². The third kappa shape index (κ3) is 5.60. The average molecular weight is 430 g/mol. The Bertz CT molecular complexity index is 965. The molecule has 1 unspecified atom stereocenters. The smallest absolute Gasteiger partial charge is 0.284 e. The molecule has 1 aliphatic heterocycles. The number of aromatic nitrogens is 2. The molecule has 1 amide bonds. The number of anilines is 1. The van der Waals surface area contributed by atoms with Crippen molar-refractivity contribution in [3.8, 4) is 23.3 Å². The summed E-state index contributed by atoms with van der Waals surface area (Å²) >= 11 is 1.75. The van der Waals surface area contributed by atoms with E-state index in [9.17, 15) is 9.90 Å². The van der Waals surface area contributed by atoms with Crippen LogP contribution in [0.2, 0.25) is 0 Å². The number of rotatable bonds is 7. The van der Waals surface area contributed by atoms with Gasteiger partial charge < -0.3 is 15.6 Å². The molecule has 2 heterocycles. The number of nitrogens with zero attached hydrogens (tertiary/aromatic N) is 3. The highest BCUT2D eigenvalue weighted by Crippen LogP contribution is 2.29. The third-order valence-corrected chi connectivity index (χ3v) is 5.27. The van der Waals surface area contributed by atoms with E-state index in [2.05, 4.69) is 21.5 Å². The SMILES string of the molecule is CC(C)(O)CONC(=O)c1c(N)nc(-c2cccc(C#N)c2)nc1OC1CCSC1. The number of aliphatic hydroxyl groups is 1. The lowest BCUT2D eigenvalue weighted by Gasteiger charge is -2.19. The number of nitriles is 1. The molecule has 9 nitrogen and oxygen atoms in total. The Hall–Kier alpha value is -2.87. The van der Waals surface area contributed by atoms with E-state index >= 15 is 0 Å². The summed E-state index contributed by atoms with van der Waals surface area (Å²) in [5, 5.41) is 18.9. The zero-order chi connectivity index (χ0) is 21.7. The van der Waals surface area contributed by atoms with Gasteiger partial charge in [-0.25, -0.2) is 10.5 Å². The van der Waals surface area contributed by atoms with Crippen LogP contribution in [0.15, 0.2) is 24.3 Å². The summed E-state index contributed by atoms with van der Waals surface area (Å²) in [6, 6.07) is 8.83. The van der Waals surface area contributed by atoms with E-state index in [1.54, 1.807) is 49.9 Å². The first-order valence-corrected chi connectivity index (χ1v) is 10.5. The predicted molar refractivity (Wildman–Crippen MR) is 113 cm³/mol. The lowest BCUT2D eigenvalue weighted by molar-refractivity contribution is -0.0523. The van der Waals surface area contributed by atoms with Crippen LogP contribution in [0.1, 0.15) is 36.2 Å². The fourth-order valence-corrected chi connectivity index (χ4v) is 3.80. The number of nitrogens with one attached hydrogen (secondary N) is 1. The van der Waals surface area contributed by atoms with Crippen molar-refractivity contribution in [2.45, 2.75) is 32.0 Å². The van der Waals surface area contributed by atoms with Crippen LogP contribution < -0.4 is 16.0 Å². The number of hydroxylamine groups is 1. The molecule has 3 rings (SSSR count). The van der Waals surface area contributed by atoms with E-state index in [0.717, 1.165) is 17.9 Å². The summed E-state index contributed by atoms with van der Waals surface area (Å²) < 4.78 is 5.99. The Kier molecular flexibility index (Phi) is 6.77. The predicted octanol–water partition coefficient (Wildman–Crippen LogP) is 1.91. The number of carbonyl (C=O) groups excluding carboxylic acids is 1. The number of hydrogen-bond donors (Lipinski definition) is 3.